The highest BCUT2D eigenvalue weighted by Gasteiger charge is 2.47. The summed E-state index contributed by atoms with van der Waals surface area (Å²) in [7, 11) is 0. The predicted octanol–water partition coefficient (Wildman–Crippen LogP) is 1.14. The molecule has 3 nitrogen and oxygen atoms in total. The minimum absolute atomic E-state index is 0.0891. The van der Waals surface area contributed by atoms with Crippen LogP contribution < -0.4 is 5.32 Å². The van der Waals surface area contributed by atoms with Gasteiger partial charge < -0.3 is 10.2 Å². The van der Waals surface area contributed by atoms with Gasteiger partial charge in [0.25, 0.3) is 0 Å². The van der Waals surface area contributed by atoms with E-state index in [0.29, 0.717) is 5.91 Å². The molecule has 0 aromatic carbocycles. The normalized spacial score (nSPS) is 30.6. The van der Waals surface area contributed by atoms with E-state index in [0.717, 1.165) is 25.9 Å². The van der Waals surface area contributed by atoms with Crippen LogP contribution in [0.3, 0.4) is 0 Å². The lowest BCUT2D eigenvalue weighted by atomic mass is 10.0. The quantitative estimate of drug-likeness (QED) is 0.734. The smallest absolute Gasteiger partial charge is 0.240 e. The summed E-state index contributed by atoms with van der Waals surface area (Å²) in [6.45, 7) is 6.13. The molecule has 1 amide bonds. The van der Waals surface area contributed by atoms with Crippen LogP contribution in [0.15, 0.2) is 0 Å². The fraction of sp³-hybridized carbons (Fsp3) is 0.909. The first-order valence-corrected chi connectivity index (χ1v) is 5.72. The van der Waals surface area contributed by atoms with Gasteiger partial charge in [0.05, 0.1) is 6.04 Å². The maximum absolute atomic E-state index is 12.1. The van der Waals surface area contributed by atoms with E-state index >= 15 is 0 Å². The highest BCUT2D eigenvalue weighted by molar-refractivity contribution is 5.83. The average Bonchev–Trinajstić information content (AvgIpc) is 2.89. The monoisotopic (exact) mass is 196 g/mol. The van der Waals surface area contributed by atoms with Gasteiger partial charge >= 0.3 is 0 Å². The molecule has 0 aromatic heterocycles. The zero-order valence-electron chi connectivity index (χ0n) is 9.18. The molecule has 0 bridgehead atoms. The molecule has 1 unspecified atom stereocenters. The van der Waals surface area contributed by atoms with E-state index in [1.807, 2.05) is 0 Å². The molecular weight excluding hydrogens is 176 g/mol. The van der Waals surface area contributed by atoms with Gasteiger partial charge in [-0.1, -0.05) is 6.92 Å². The minimum Gasteiger partial charge on any atom is -0.336 e. The van der Waals surface area contributed by atoms with Crippen LogP contribution in [-0.2, 0) is 4.79 Å². The van der Waals surface area contributed by atoms with Crippen molar-refractivity contribution in [1.29, 1.82) is 0 Å². The fourth-order valence-electron chi connectivity index (χ4n) is 2.30. The first-order chi connectivity index (χ1) is 6.67. The maximum Gasteiger partial charge on any atom is 0.240 e. The molecule has 1 N–H and O–H groups in total. The summed E-state index contributed by atoms with van der Waals surface area (Å²) in [5.41, 5.74) is 0.213. The van der Waals surface area contributed by atoms with E-state index in [1.54, 1.807) is 0 Å². The molecule has 1 aliphatic heterocycles. The number of amides is 1. The summed E-state index contributed by atoms with van der Waals surface area (Å²) in [4.78, 5) is 14.2. The lowest BCUT2D eigenvalue weighted by Gasteiger charge is -2.37. The van der Waals surface area contributed by atoms with Gasteiger partial charge in [-0.15, -0.1) is 0 Å². The Labute approximate surface area is 85.8 Å². The molecule has 1 saturated carbocycles. The highest BCUT2D eigenvalue weighted by Crippen LogP contribution is 2.42. The van der Waals surface area contributed by atoms with E-state index in [9.17, 15) is 4.79 Å². The van der Waals surface area contributed by atoms with Crippen LogP contribution in [-0.4, -0.2) is 35.5 Å². The number of likely N-dealkylation sites (tertiary alicyclic amines) is 1. The molecular formula is C11H20N2O. The number of hydrogen-bond acceptors (Lipinski definition) is 2. The Balaban J connectivity index is 2.01. The Morgan fingerprint density at radius 3 is 2.86 bits per heavy atom. The third-order valence-electron chi connectivity index (χ3n) is 3.51. The molecule has 3 heteroatoms. The van der Waals surface area contributed by atoms with Crippen LogP contribution >= 0.6 is 0 Å². The molecule has 0 aromatic rings. The Morgan fingerprint density at radius 1 is 1.57 bits per heavy atom. The Kier molecular flexibility index (Phi) is 2.52. The molecule has 14 heavy (non-hydrogen) atoms. The largest absolute Gasteiger partial charge is 0.336 e. The van der Waals surface area contributed by atoms with Crippen molar-refractivity contribution in [2.45, 2.75) is 51.1 Å². The summed E-state index contributed by atoms with van der Waals surface area (Å²) in [6, 6.07) is 0.0891. The fourth-order valence-corrected chi connectivity index (χ4v) is 2.30. The van der Waals surface area contributed by atoms with Crippen molar-refractivity contribution in [3.05, 3.63) is 0 Å². The van der Waals surface area contributed by atoms with Gasteiger partial charge in [0.15, 0.2) is 0 Å². The Hall–Kier alpha value is -0.570. The Bertz CT molecular complexity index is 233. The van der Waals surface area contributed by atoms with E-state index in [-0.39, 0.29) is 11.6 Å². The standard InChI is InChI=1S/C11H20N2O/c1-3-12-9-5-4-8-13(10(9)14)11(2)6-7-11/h9,12H,3-8H2,1-2H3. The van der Waals surface area contributed by atoms with Crippen molar-refractivity contribution in [3.63, 3.8) is 0 Å². The third kappa shape index (κ3) is 1.65. The van der Waals surface area contributed by atoms with Gasteiger partial charge in [0, 0.05) is 12.1 Å². The zero-order chi connectivity index (χ0) is 10.2. The first-order valence-electron chi connectivity index (χ1n) is 5.72. The number of carbonyl (C=O) groups is 1. The van der Waals surface area contributed by atoms with Crippen molar-refractivity contribution >= 4 is 5.91 Å². The van der Waals surface area contributed by atoms with Crippen molar-refractivity contribution in [2.24, 2.45) is 0 Å². The van der Waals surface area contributed by atoms with Crippen LogP contribution in [0.5, 0.6) is 0 Å². The topological polar surface area (TPSA) is 32.3 Å². The average molecular weight is 196 g/mol. The SMILES string of the molecule is CCNC1CCCN(C2(C)CC2)C1=O. The zero-order valence-corrected chi connectivity index (χ0v) is 9.18. The third-order valence-corrected chi connectivity index (χ3v) is 3.51. The molecule has 1 atom stereocenters. The van der Waals surface area contributed by atoms with Gasteiger partial charge in [-0.25, -0.2) is 0 Å². The second-order valence-corrected chi connectivity index (χ2v) is 4.74. The van der Waals surface area contributed by atoms with E-state index in [2.05, 4.69) is 24.1 Å². The van der Waals surface area contributed by atoms with E-state index in [1.165, 1.54) is 12.8 Å². The number of carbonyl (C=O) groups excluding carboxylic acids is 1. The van der Waals surface area contributed by atoms with Crippen LogP contribution in [0.4, 0.5) is 0 Å². The van der Waals surface area contributed by atoms with Crippen molar-refractivity contribution in [3.8, 4) is 0 Å². The predicted molar refractivity (Wildman–Crippen MR) is 56.1 cm³/mol. The molecule has 1 saturated heterocycles. The summed E-state index contributed by atoms with van der Waals surface area (Å²) < 4.78 is 0. The molecule has 2 fully saturated rings. The molecule has 2 aliphatic rings. The highest BCUT2D eigenvalue weighted by atomic mass is 16.2. The number of piperidine rings is 1. The van der Waals surface area contributed by atoms with Crippen LogP contribution in [0.1, 0.15) is 39.5 Å². The molecule has 0 radical (unpaired) electrons. The lowest BCUT2D eigenvalue weighted by molar-refractivity contribution is -0.139. The summed E-state index contributed by atoms with van der Waals surface area (Å²) in [6.07, 6.45) is 4.55. The van der Waals surface area contributed by atoms with E-state index in [4.69, 9.17) is 0 Å². The lowest BCUT2D eigenvalue weighted by Crippen LogP contribution is -2.54. The van der Waals surface area contributed by atoms with E-state index < -0.39 is 0 Å². The number of nitrogens with zero attached hydrogens (tertiary/aromatic N) is 1. The Morgan fingerprint density at radius 2 is 2.29 bits per heavy atom. The number of rotatable bonds is 3. The summed E-state index contributed by atoms with van der Waals surface area (Å²) in [5.74, 6) is 0.332. The second-order valence-electron chi connectivity index (χ2n) is 4.74. The number of likely N-dealkylation sites (N-methyl/N-ethyl adjacent to an activating group) is 1. The second kappa shape index (κ2) is 3.54. The molecule has 0 spiro atoms. The minimum atomic E-state index is 0.0891. The van der Waals surface area contributed by atoms with Gasteiger partial charge in [-0.05, 0) is 39.2 Å². The number of hydrogen-bond donors (Lipinski definition) is 1. The van der Waals surface area contributed by atoms with Crippen LogP contribution in [0.2, 0.25) is 0 Å². The van der Waals surface area contributed by atoms with Crippen molar-refractivity contribution in [2.75, 3.05) is 13.1 Å². The molecule has 1 aliphatic carbocycles. The molecule has 80 valence electrons. The van der Waals surface area contributed by atoms with Gasteiger partial charge in [-0.3, -0.25) is 4.79 Å². The van der Waals surface area contributed by atoms with Crippen LogP contribution in [0, 0.1) is 0 Å². The van der Waals surface area contributed by atoms with Gasteiger partial charge in [0.2, 0.25) is 5.91 Å². The van der Waals surface area contributed by atoms with Gasteiger partial charge in [0.1, 0.15) is 0 Å². The molecule has 1 heterocycles. The molecule has 2 rings (SSSR count). The van der Waals surface area contributed by atoms with Crippen molar-refractivity contribution < 1.29 is 4.79 Å². The summed E-state index contributed by atoms with van der Waals surface area (Å²) in [5, 5.41) is 3.27. The summed E-state index contributed by atoms with van der Waals surface area (Å²) >= 11 is 0. The number of nitrogens with one attached hydrogen (secondary N) is 1. The first kappa shape index (κ1) is 9.97. The maximum atomic E-state index is 12.1. The van der Waals surface area contributed by atoms with Crippen LogP contribution in [0.25, 0.3) is 0 Å². The van der Waals surface area contributed by atoms with Gasteiger partial charge in [-0.2, -0.15) is 0 Å². The van der Waals surface area contributed by atoms with Crippen molar-refractivity contribution in [1.82, 2.24) is 10.2 Å².